The van der Waals surface area contributed by atoms with E-state index in [9.17, 15) is 9.18 Å². The van der Waals surface area contributed by atoms with E-state index in [0.29, 0.717) is 16.6 Å². The van der Waals surface area contributed by atoms with Gasteiger partial charge in [-0.25, -0.2) is 4.39 Å². The van der Waals surface area contributed by atoms with Crippen LogP contribution in [0.2, 0.25) is 0 Å². The van der Waals surface area contributed by atoms with Crippen LogP contribution in [0.3, 0.4) is 0 Å². The molecule has 20 heavy (non-hydrogen) atoms. The van der Waals surface area contributed by atoms with Gasteiger partial charge in [-0.1, -0.05) is 0 Å². The Balaban J connectivity index is 1.76. The number of halogens is 2. The van der Waals surface area contributed by atoms with E-state index in [0.717, 1.165) is 32.7 Å². The quantitative estimate of drug-likeness (QED) is 0.901. The van der Waals surface area contributed by atoms with E-state index >= 15 is 0 Å². The molecular formula is C14H19BrFN3O. The van der Waals surface area contributed by atoms with Crippen LogP contribution in [0.15, 0.2) is 22.7 Å². The molecule has 2 rings (SSSR count). The van der Waals surface area contributed by atoms with E-state index in [-0.39, 0.29) is 11.7 Å². The Kier molecular flexibility index (Phi) is 5.51. The first-order chi connectivity index (χ1) is 9.56. The third-order valence-electron chi connectivity index (χ3n) is 3.49. The van der Waals surface area contributed by atoms with Crippen LogP contribution in [-0.4, -0.2) is 62.0 Å². The van der Waals surface area contributed by atoms with Gasteiger partial charge in [-0.05, 0) is 41.2 Å². The second-order valence-corrected chi connectivity index (χ2v) is 5.88. The SMILES string of the molecule is CN1CCN(CCNC(=O)c2ccc(F)c(Br)c2)CC1. The molecule has 0 saturated carbocycles. The van der Waals surface area contributed by atoms with Crippen molar-refractivity contribution in [2.75, 3.05) is 46.3 Å². The number of likely N-dealkylation sites (N-methyl/N-ethyl adjacent to an activating group) is 1. The zero-order chi connectivity index (χ0) is 14.5. The summed E-state index contributed by atoms with van der Waals surface area (Å²) in [6, 6.07) is 4.28. The number of hydrogen-bond acceptors (Lipinski definition) is 3. The third kappa shape index (κ3) is 4.26. The van der Waals surface area contributed by atoms with Crippen molar-refractivity contribution in [2.45, 2.75) is 0 Å². The van der Waals surface area contributed by atoms with Gasteiger partial charge in [-0.3, -0.25) is 9.69 Å². The monoisotopic (exact) mass is 343 g/mol. The summed E-state index contributed by atoms with van der Waals surface area (Å²) in [7, 11) is 2.12. The number of hydrogen-bond donors (Lipinski definition) is 1. The molecule has 1 amide bonds. The summed E-state index contributed by atoms with van der Waals surface area (Å²) >= 11 is 3.08. The van der Waals surface area contributed by atoms with E-state index in [1.165, 1.54) is 18.2 Å². The average molecular weight is 344 g/mol. The molecule has 1 saturated heterocycles. The largest absolute Gasteiger partial charge is 0.351 e. The van der Waals surface area contributed by atoms with E-state index in [2.05, 4.69) is 38.1 Å². The lowest BCUT2D eigenvalue weighted by Gasteiger charge is -2.32. The van der Waals surface area contributed by atoms with Gasteiger partial charge in [0.25, 0.3) is 5.91 Å². The highest BCUT2D eigenvalue weighted by Gasteiger charge is 2.14. The van der Waals surface area contributed by atoms with Crippen molar-refractivity contribution in [3.63, 3.8) is 0 Å². The van der Waals surface area contributed by atoms with Gasteiger partial charge in [0.15, 0.2) is 0 Å². The number of carbonyl (C=O) groups is 1. The highest BCUT2D eigenvalue weighted by molar-refractivity contribution is 9.10. The third-order valence-corrected chi connectivity index (χ3v) is 4.10. The molecule has 0 unspecified atom stereocenters. The normalized spacial score (nSPS) is 17.1. The topological polar surface area (TPSA) is 35.6 Å². The smallest absolute Gasteiger partial charge is 0.251 e. The Morgan fingerprint density at radius 3 is 2.70 bits per heavy atom. The summed E-state index contributed by atoms with van der Waals surface area (Å²) in [6.07, 6.45) is 0. The first kappa shape index (κ1) is 15.4. The standard InChI is InChI=1S/C14H19BrFN3O/c1-18-6-8-19(9-7-18)5-4-17-14(20)11-2-3-13(16)12(15)10-11/h2-3,10H,4-9H2,1H3,(H,17,20). The van der Waals surface area contributed by atoms with Crippen molar-refractivity contribution in [3.8, 4) is 0 Å². The lowest BCUT2D eigenvalue weighted by molar-refractivity contribution is 0.0941. The molecule has 4 nitrogen and oxygen atoms in total. The van der Waals surface area contributed by atoms with E-state index < -0.39 is 0 Å². The van der Waals surface area contributed by atoms with Crippen molar-refractivity contribution in [3.05, 3.63) is 34.1 Å². The summed E-state index contributed by atoms with van der Waals surface area (Å²) in [5, 5.41) is 2.87. The van der Waals surface area contributed by atoms with Gasteiger partial charge < -0.3 is 10.2 Å². The van der Waals surface area contributed by atoms with Crippen LogP contribution in [0.5, 0.6) is 0 Å². The predicted octanol–water partition coefficient (Wildman–Crippen LogP) is 1.57. The van der Waals surface area contributed by atoms with Crippen molar-refractivity contribution < 1.29 is 9.18 Å². The maximum absolute atomic E-state index is 13.1. The molecule has 0 aliphatic carbocycles. The predicted molar refractivity (Wildman–Crippen MR) is 80.4 cm³/mol. The lowest BCUT2D eigenvalue weighted by Crippen LogP contribution is -2.46. The van der Waals surface area contributed by atoms with Crippen LogP contribution >= 0.6 is 15.9 Å². The molecule has 0 spiro atoms. The van der Waals surface area contributed by atoms with Gasteiger partial charge in [-0.15, -0.1) is 0 Å². The number of nitrogens with zero attached hydrogens (tertiary/aromatic N) is 2. The van der Waals surface area contributed by atoms with Crippen molar-refractivity contribution >= 4 is 21.8 Å². The number of nitrogens with one attached hydrogen (secondary N) is 1. The molecular weight excluding hydrogens is 325 g/mol. The first-order valence-electron chi connectivity index (χ1n) is 6.70. The fourth-order valence-electron chi connectivity index (χ4n) is 2.14. The summed E-state index contributed by atoms with van der Waals surface area (Å²) in [4.78, 5) is 16.6. The highest BCUT2D eigenvalue weighted by Crippen LogP contribution is 2.16. The summed E-state index contributed by atoms with van der Waals surface area (Å²) < 4.78 is 13.4. The Bertz CT molecular complexity index is 475. The molecule has 1 aromatic carbocycles. The Hall–Kier alpha value is -0.980. The van der Waals surface area contributed by atoms with Gasteiger partial charge in [0.1, 0.15) is 5.82 Å². The van der Waals surface area contributed by atoms with Crippen LogP contribution in [0.1, 0.15) is 10.4 Å². The molecule has 0 atom stereocenters. The molecule has 1 heterocycles. The Labute approximate surface area is 127 Å². The lowest BCUT2D eigenvalue weighted by atomic mass is 10.2. The van der Waals surface area contributed by atoms with Crippen LogP contribution < -0.4 is 5.32 Å². The zero-order valence-corrected chi connectivity index (χ0v) is 13.1. The van der Waals surface area contributed by atoms with Crippen LogP contribution in [0, 0.1) is 5.82 Å². The second kappa shape index (κ2) is 7.15. The number of benzene rings is 1. The van der Waals surface area contributed by atoms with E-state index in [4.69, 9.17) is 0 Å². The number of amides is 1. The number of rotatable bonds is 4. The minimum absolute atomic E-state index is 0.167. The summed E-state index contributed by atoms with van der Waals surface area (Å²) in [5.41, 5.74) is 0.469. The van der Waals surface area contributed by atoms with Gasteiger partial charge in [0.05, 0.1) is 4.47 Å². The van der Waals surface area contributed by atoms with E-state index in [1.807, 2.05) is 0 Å². The molecule has 1 aliphatic heterocycles. The summed E-state index contributed by atoms with van der Waals surface area (Å²) in [5.74, 6) is -0.529. The van der Waals surface area contributed by atoms with E-state index in [1.54, 1.807) is 0 Å². The fourth-order valence-corrected chi connectivity index (χ4v) is 2.52. The Morgan fingerprint density at radius 2 is 2.05 bits per heavy atom. The number of carbonyl (C=O) groups excluding carboxylic acids is 1. The molecule has 6 heteroatoms. The minimum atomic E-state index is -0.362. The summed E-state index contributed by atoms with van der Waals surface area (Å²) in [6.45, 7) is 5.67. The van der Waals surface area contributed by atoms with Crippen molar-refractivity contribution in [1.29, 1.82) is 0 Å². The molecule has 1 aliphatic rings. The molecule has 0 aromatic heterocycles. The highest BCUT2D eigenvalue weighted by atomic mass is 79.9. The molecule has 0 bridgehead atoms. The van der Waals surface area contributed by atoms with Crippen LogP contribution in [0.25, 0.3) is 0 Å². The second-order valence-electron chi connectivity index (χ2n) is 5.03. The minimum Gasteiger partial charge on any atom is -0.351 e. The maximum Gasteiger partial charge on any atom is 0.251 e. The van der Waals surface area contributed by atoms with Crippen LogP contribution in [0.4, 0.5) is 4.39 Å². The van der Waals surface area contributed by atoms with Crippen molar-refractivity contribution in [2.24, 2.45) is 0 Å². The van der Waals surface area contributed by atoms with Gasteiger partial charge in [-0.2, -0.15) is 0 Å². The fraction of sp³-hybridized carbons (Fsp3) is 0.500. The molecule has 0 radical (unpaired) electrons. The average Bonchev–Trinajstić information content (AvgIpc) is 2.44. The van der Waals surface area contributed by atoms with Gasteiger partial charge in [0, 0.05) is 44.8 Å². The maximum atomic E-state index is 13.1. The Morgan fingerprint density at radius 1 is 1.35 bits per heavy atom. The van der Waals surface area contributed by atoms with Gasteiger partial charge >= 0.3 is 0 Å². The molecule has 1 aromatic rings. The molecule has 1 N–H and O–H groups in total. The first-order valence-corrected chi connectivity index (χ1v) is 7.50. The zero-order valence-electron chi connectivity index (χ0n) is 11.5. The molecule has 1 fully saturated rings. The number of piperazine rings is 1. The molecule has 110 valence electrons. The van der Waals surface area contributed by atoms with Gasteiger partial charge in [0.2, 0.25) is 0 Å². The van der Waals surface area contributed by atoms with Crippen molar-refractivity contribution in [1.82, 2.24) is 15.1 Å². The van der Waals surface area contributed by atoms with Crippen LogP contribution in [-0.2, 0) is 0 Å².